The number of rotatable bonds is 0. The number of amides is 1. The van der Waals surface area contributed by atoms with Gasteiger partial charge in [-0.25, -0.2) is 0 Å². The topological polar surface area (TPSA) is 41.6 Å². The van der Waals surface area contributed by atoms with Gasteiger partial charge in [0, 0.05) is 13.0 Å². The van der Waals surface area contributed by atoms with E-state index in [1.54, 1.807) is 0 Å². The van der Waals surface area contributed by atoms with Gasteiger partial charge in [0.25, 0.3) is 0 Å². The minimum absolute atomic E-state index is 0.0983. The molecule has 0 aliphatic carbocycles. The molecule has 1 amide bonds. The molecule has 1 N–H and O–H groups in total. The third kappa shape index (κ3) is 3.83. The minimum Gasteiger partial charge on any atom is -0.491 e. The number of alkyl halides is 3. The summed E-state index contributed by atoms with van der Waals surface area (Å²) in [6.07, 6.45) is -2.39. The van der Waals surface area contributed by atoms with Gasteiger partial charge in [0.15, 0.2) is 0 Å². The molecule has 0 spiro atoms. The highest BCUT2D eigenvalue weighted by Crippen LogP contribution is 2.37. The first-order valence-corrected chi connectivity index (χ1v) is 8.15. The van der Waals surface area contributed by atoms with E-state index in [1.807, 2.05) is 0 Å². The number of carbonyl (C=O) groups is 1. The molecule has 0 saturated carbocycles. The predicted molar refractivity (Wildman–Crippen MR) is 83.9 cm³/mol. The van der Waals surface area contributed by atoms with E-state index in [4.69, 9.17) is 4.74 Å². The van der Waals surface area contributed by atoms with Gasteiger partial charge in [-0.1, -0.05) is 0 Å². The second-order valence-corrected chi connectivity index (χ2v) is 6.67. The van der Waals surface area contributed by atoms with Crippen LogP contribution in [-0.4, -0.2) is 37.6 Å². The van der Waals surface area contributed by atoms with E-state index >= 15 is 0 Å². The Kier molecular flexibility index (Phi) is 4.71. The molecule has 1 fully saturated rings. The predicted octanol–water partition coefficient (Wildman–Crippen LogP) is 3.38. The van der Waals surface area contributed by atoms with Crippen molar-refractivity contribution in [3.63, 3.8) is 0 Å². The Hall–Kier alpha value is -1.76. The lowest BCUT2D eigenvalue weighted by molar-refractivity contribution is -0.137. The number of benzene rings is 1. The maximum absolute atomic E-state index is 12.9. The maximum atomic E-state index is 12.9. The highest BCUT2D eigenvalue weighted by atomic mass is 19.4. The monoisotopic (exact) mass is 342 g/mol. The molecular weight excluding hydrogens is 321 g/mol. The summed E-state index contributed by atoms with van der Waals surface area (Å²) in [5.74, 6) is 0.655. The van der Waals surface area contributed by atoms with Gasteiger partial charge in [0.2, 0.25) is 5.91 Å². The van der Waals surface area contributed by atoms with Crippen molar-refractivity contribution in [3.8, 4) is 5.75 Å². The number of anilines is 1. The summed E-state index contributed by atoms with van der Waals surface area (Å²) in [5, 5.41) is 2.61. The molecule has 3 rings (SSSR count). The normalized spacial score (nSPS) is 25.9. The Labute approximate surface area is 139 Å². The summed E-state index contributed by atoms with van der Waals surface area (Å²) < 4.78 is 44.3. The Bertz CT molecular complexity index is 618. The van der Waals surface area contributed by atoms with Crippen molar-refractivity contribution < 1.29 is 22.7 Å². The van der Waals surface area contributed by atoms with E-state index in [-0.39, 0.29) is 17.5 Å². The molecule has 7 heteroatoms. The van der Waals surface area contributed by atoms with Crippen molar-refractivity contribution in [1.82, 2.24) is 4.90 Å². The van der Waals surface area contributed by atoms with Crippen LogP contribution in [0.1, 0.15) is 24.8 Å². The first-order chi connectivity index (χ1) is 11.3. The fourth-order valence-electron chi connectivity index (χ4n) is 3.55. The van der Waals surface area contributed by atoms with Crippen LogP contribution < -0.4 is 10.1 Å². The fraction of sp³-hybridized carbons (Fsp3) is 0.588. The van der Waals surface area contributed by atoms with Gasteiger partial charge >= 0.3 is 6.18 Å². The summed E-state index contributed by atoms with van der Waals surface area (Å²) in [4.78, 5) is 14.5. The van der Waals surface area contributed by atoms with Crippen molar-refractivity contribution in [3.05, 3.63) is 23.8 Å². The average molecular weight is 342 g/mol. The Morgan fingerprint density at radius 2 is 2.04 bits per heavy atom. The van der Waals surface area contributed by atoms with E-state index in [9.17, 15) is 18.0 Å². The second-order valence-electron chi connectivity index (χ2n) is 6.67. The summed E-state index contributed by atoms with van der Waals surface area (Å²) in [7, 11) is 2.06. The van der Waals surface area contributed by atoms with Crippen LogP contribution in [-0.2, 0) is 11.0 Å². The van der Waals surface area contributed by atoms with E-state index in [2.05, 4.69) is 17.3 Å². The lowest BCUT2D eigenvalue weighted by atomic mass is 9.81. The number of nitrogens with zero attached hydrogens (tertiary/aromatic N) is 1. The number of nitrogens with one attached hydrogen (secondary N) is 1. The Morgan fingerprint density at radius 1 is 1.25 bits per heavy atom. The van der Waals surface area contributed by atoms with E-state index in [1.165, 1.54) is 6.07 Å². The number of ether oxygens (including phenoxy) is 1. The lowest BCUT2D eigenvalue weighted by Gasteiger charge is -2.37. The first kappa shape index (κ1) is 17.1. The van der Waals surface area contributed by atoms with E-state index < -0.39 is 11.7 Å². The largest absolute Gasteiger partial charge is 0.491 e. The maximum Gasteiger partial charge on any atom is 0.416 e. The molecule has 132 valence electrons. The van der Waals surface area contributed by atoms with Crippen molar-refractivity contribution in [2.24, 2.45) is 11.8 Å². The molecule has 1 saturated heterocycles. The van der Waals surface area contributed by atoms with Crippen molar-refractivity contribution in [2.75, 3.05) is 32.1 Å². The van der Waals surface area contributed by atoms with Crippen molar-refractivity contribution in [2.45, 2.75) is 25.4 Å². The van der Waals surface area contributed by atoms with Crippen LogP contribution in [0, 0.1) is 11.8 Å². The number of likely N-dealkylation sites (tertiary alicyclic amines) is 1. The lowest BCUT2D eigenvalue weighted by Crippen LogP contribution is -2.40. The molecule has 1 aromatic carbocycles. The summed E-state index contributed by atoms with van der Waals surface area (Å²) in [5.41, 5.74) is -0.694. The Morgan fingerprint density at radius 3 is 2.79 bits per heavy atom. The highest BCUT2D eigenvalue weighted by Gasteiger charge is 2.33. The Balaban J connectivity index is 1.84. The number of halogens is 3. The van der Waals surface area contributed by atoms with Crippen LogP contribution >= 0.6 is 0 Å². The van der Waals surface area contributed by atoms with Gasteiger partial charge in [-0.2, -0.15) is 13.2 Å². The molecule has 0 unspecified atom stereocenters. The van der Waals surface area contributed by atoms with E-state index in [0.29, 0.717) is 24.7 Å². The smallest absolute Gasteiger partial charge is 0.416 e. The van der Waals surface area contributed by atoms with Crippen LogP contribution in [0.3, 0.4) is 0 Å². The van der Waals surface area contributed by atoms with E-state index in [0.717, 1.165) is 38.1 Å². The number of carbonyl (C=O) groups excluding carboxylic acids is 1. The molecule has 0 radical (unpaired) electrons. The van der Waals surface area contributed by atoms with Crippen LogP contribution in [0.4, 0.5) is 18.9 Å². The van der Waals surface area contributed by atoms with Crippen molar-refractivity contribution in [1.29, 1.82) is 0 Å². The number of hydrogen-bond donors (Lipinski definition) is 1. The molecule has 24 heavy (non-hydrogen) atoms. The molecule has 1 aromatic rings. The van der Waals surface area contributed by atoms with Gasteiger partial charge in [-0.15, -0.1) is 0 Å². The summed E-state index contributed by atoms with van der Waals surface area (Å²) >= 11 is 0. The zero-order chi connectivity index (χ0) is 17.3. The quantitative estimate of drug-likeness (QED) is 0.786. The molecule has 0 bridgehead atoms. The summed E-state index contributed by atoms with van der Waals surface area (Å²) in [6.45, 7) is 2.29. The van der Waals surface area contributed by atoms with Crippen molar-refractivity contribution >= 4 is 11.6 Å². The molecule has 4 nitrogen and oxygen atoms in total. The van der Waals surface area contributed by atoms with Gasteiger partial charge < -0.3 is 15.0 Å². The second kappa shape index (κ2) is 6.63. The SMILES string of the molecule is CN1CC[C@H]2CC(=O)Nc3cc(C(F)(F)F)ccc3OCC[C@H]2C1. The minimum atomic E-state index is -4.45. The number of piperidine rings is 1. The summed E-state index contributed by atoms with van der Waals surface area (Å²) in [6, 6.07) is 3.21. The van der Waals surface area contributed by atoms with Gasteiger partial charge in [-0.05, 0) is 56.5 Å². The molecule has 2 aliphatic heterocycles. The third-order valence-corrected chi connectivity index (χ3v) is 4.87. The third-order valence-electron chi connectivity index (χ3n) is 4.87. The van der Waals surface area contributed by atoms with Crippen LogP contribution in [0.15, 0.2) is 18.2 Å². The number of fused-ring (bicyclic) bond motifs is 2. The number of hydrogen-bond acceptors (Lipinski definition) is 3. The van der Waals surface area contributed by atoms with Gasteiger partial charge in [0.1, 0.15) is 5.75 Å². The first-order valence-electron chi connectivity index (χ1n) is 8.15. The molecule has 2 heterocycles. The van der Waals surface area contributed by atoms with Crippen LogP contribution in [0.25, 0.3) is 0 Å². The molecule has 2 aliphatic rings. The van der Waals surface area contributed by atoms with Gasteiger partial charge in [-0.3, -0.25) is 4.79 Å². The van der Waals surface area contributed by atoms with Crippen LogP contribution in [0.5, 0.6) is 5.75 Å². The zero-order valence-electron chi connectivity index (χ0n) is 13.5. The molecular formula is C17H21F3N2O2. The molecule has 0 aromatic heterocycles. The fourth-order valence-corrected chi connectivity index (χ4v) is 3.55. The molecule has 2 atom stereocenters. The van der Waals surface area contributed by atoms with Crippen LogP contribution in [0.2, 0.25) is 0 Å². The highest BCUT2D eigenvalue weighted by molar-refractivity contribution is 5.92. The zero-order valence-corrected chi connectivity index (χ0v) is 13.5. The standard InChI is InChI=1S/C17H21F3N2O2/c1-22-6-4-11-8-16(23)21-14-9-13(17(18,19)20)2-3-15(14)24-7-5-12(11)10-22/h2-3,9,11-12H,4-8,10H2,1H3,(H,21,23)/t11-,12-/m0/s1. The average Bonchev–Trinajstić information content (AvgIpc) is 2.50. The van der Waals surface area contributed by atoms with Gasteiger partial charge in [0.05, 0.1) is 17.9 Å².